The summed E-state index contributed by atoms with van der Waals surface area (Å²) >= 11 is 0. The second-order valence-corrected chi connectivity index (χ2v) is 9.52. The van der Waals surface area contributed by atoms with Crippen LogP contribution in [0.5, 0.6) is 23.3 Å². The Balaban J connectivity index is 1.67. The highest BCUT2D eigenvalue weighted by molar-refractivity contribution is 7.90. The molecule has 11 nitrogen and oxygen atoms in total. The number of oxazole rings is 1. The number of aliphatic hydroxyl groups is 1. The first-order valence-corrected chi connectivity index (χ1v) is 12.0. The first-order valence-electron chi connectivity index (χ1n) is 10.1. The third kappa shape index (κ3) is 5.18. The van der Waals surface area contributed by atoms with Crippen LogP contribution < -0.4 is 9.47 Å². The number of nitrogens with one attached hydrogen (secondary N) is 1. The summed E-state index contributed by atoms with van der Waals surface area (Å²) in [4.78, 5) is 15.0. The topological polar surface area (TPSA) is 161 Å². The highest BCUT2D eigenvalue weighted by Gasteiger charge is 2.15. The van der Waals surface area contributed by atoms with Crippen LogP contribution in [0.4, 0.5) is 0 Å². The number of aromatic amines is 1. The second-order valence-electron chi connectivity index (χ2n) is 7.56. The number of rotatable bonds is 8. The summed E-state index contributed by atoms with van der Waals surface area (Å²) in [6.07, 6.45) is 2.90. The fraction of sp³-hybridized carbons (Fsp3) is 0.227. The fourth-order valence-corrected chi connectivity index (χ4v) is 3.47. The largest absolute Gasteiger partial charge is 0.491 e. The molecule has 178 valence electrons. The van der Waals surface area contributed by atoms with Gasteiger partial charge < -0.3 is 29.1 Å². The predicted octanol–water partition coefficient (Wildman–Crippen LogP) is 3.10. The van der Waals surface area contributed by atoms with Gasteiger partial charge in [-0.15, -0.1) is 0 Å². The number of aryl methyl sites for hydroxylation is 1. The lowest BCUT2D eigenvalue weighted by Gasteiger charge is -2.15. The van der Waals surface area contributed by atoms with Crippen LogP contribution in [0, 0.1) is 6.92 Å². The Morgan fingerprint density at radius 1 is 1.12 bits per heavy atom. The quantitative estimate of drug-likeness (QED) is 0.337. The maximum atomic E-state index is 11.6. The predicted molar refractivity (Wildman–Crippen MR) is 121 cm³/mol. The maximum Gasteiger partial charge on any atom is 0.253 e. The van der Waals surface area contributed by atoms with Crippen molar-refractivity contribution in [2.45, 2.75) is 25.0 Å². The van der Waals surface area contributed by atoms with Crippen molar-refractivity contribution in [1.29, 1.82) is 0 Å². The highest BCUT2D eigenvalue weighted by atomic mass is 32.2. The van der Waals surface area contributed by atoms with Crippen LogP contribution in [0.2, 0.25) is 0 Å². The molecule has 12 heteroatoms. The Kier molecular flexibility index (Phi) is 6.26. The Morgan fingerprint density at radius 2 is 1.85 bits per heavy atom. The maximum absolute atomic E-state index is 11.6. The van der Waals surface area contributed by atoms with E-state index in [-0.39, 0.29) is 29.3 Å². The molecule has 4 aromatic rings. The van der Waals surface area contributed by atoms with Crippen molar-refractivity contribution >= 4 is 9.84 Å². The van der Waals surface area contributed by atoms with E-state index in [1.807, 2.05) is 0 Å². The molecular weight excluding hydrogens is 464 g/mol. The molecule has 0 amide bonds. The Bertz CT molecular complexity index is 1390. The van der Waals surface area contributed by atoms with Gasteiger partial charge in [-0.2, -0.15) is 4.98 Å². The van der Waals surface area contributed by atoms with Crippen molar-refractivity contribution in [3.8, 4) is 46.1 Å². The molecule has 0 fully saturated rings. The standard InChI is InChI=1S/C22H22N4O7S/c1-12(11-27)31-15-6-14(17-4-5-18(25-17)22-26-21(28)13(2)32-22)7-16(8-15)33-19-9-24-20(10-23-19)34(3,29)30/h4-10,12,25,27-28H,11H2,1-3H3/t12-/m0/s1. The van der Waals surface area contributed by atoms with Gasteiger partial charge in [0.1, 0.15) is 23.3 Å². The molecule has 0 aliphatic carbocycles. The van der Waals surface area contributed by atoms with Gasteiger partial charge in [0.2, 0.25) is 11.8 Å². The summed E-state index contributed by atoms with van der Waals surface area (Å²) in [5, 5.41) is 18.9. The first-order chi connectivity index (χ1) is 16.1. The van der Waals surface area contributed by atoms with Gasteiger partial charge in [-0.25, -0.2) is 18.4 Å². The van der Waals surface area contributed by atoms with Gasteiger partial charge in [-0.3, -0.25) is 0 Å². The monoisotopic (exact) mass is 486 g/mol. The second kappa shape index (κ2) is 9.15. The average molecular weight is 487 g/mol. The lowest BCUT2D eigenvalue weighted by atomic mass is 10.1. The van der Waals surface area contributed by atoms with E-state index < -0.39 is 15.9 Å². The number of nitrogens with zero attached hydrogens (tertiary/aromatic N) is 3. The summed E-state index contributed by atoms with van der Waals surface area (Å²) in [6, 6.07) is 8.63. The van der Waals surface area contributed by atoms with Gasteiger partial charge in [-0.05, 0) is 38.1 Å². The summed E-state index contributed by atoms with van der Waals surface area (Å²) in [5.74, 6) is 1.22. The van der Waals surface area contributed by atoms with Crippen molar-refractivity contribution in [3.05, 3.63) is 48.5 Å². The molecule has 3 heterocycles. The molecule has 0 aliphatic rings. The van der Waals surface area contributed by atoms with E-state index >= 15 is 0 Å². The van der Waals surface area contributed by atoms with E-state index in [0.29, 0.717) is 34.2 Å². The van der Waals surface area contributed by atoms with Crippen molar-refractivity contribution in [2.24, 2.45) is 0 Å². The van der Waals surface area contributed by atoms with Crippen LogP contribution in [0.1, 0.15) is 12.7 Å². The van der Waals surface area contributed by atoms with Crippen molar-refractivity contribution < 1.29 is 32.5 Å². The molecule has 0 saturated carbocycles. The van der Waals surface area contributed by atoms with Gasteiger partial charge in [0.05, 0.1) is 19.0 Å². The van der Waals surface area contributed by atoms with Crippen LogP contribution >= 0.6 is 0 Å². The minimum Gasteiger partial charge on any atom is -0.491 e. The minimum atomic E-state index is -3.49. The fourth-order valence-electron chi connectivity index (χ4n) is 2.98. The lowest BCUT2D eigenvalue weighted by Crippen LogP contribution is -2.16. The molecule has 3 N–H and O–H groups in total. The molecular formula is C22H22N4O7S. The number of H-pyrrole nitrogens is 1. The van der Waals surface area contributed by atoms with Crippen molar-refractivity contribution in [1.82, 2.24) is 19.9 Å². The lowest BCUT2D eigenvalue weighted by molar-refractivity contribution is 0.129. The molecule has 1 aromatic carbocycles. The molecule has 0 unspecified atom stereocenters. The molecule has 0 aliphatic heterocycles. The molecule has 34 heavy (non-hydrogen) atoms. The van der Waals surface area contributed by atoms with E-state index in [9.17, 15) is 18.6 Å². The number of ether oxygens (including phenoxy) is 2. The molecule has 3 aromatic heterocycles. The van der Waals surface area contributed by atoms with Crippen LogP contribution in [-0.2, 0) is 9.84 Å². The molecule has 0 bridgehead atoms. The van der Waals surface area contributed by atoms with Crippen LogP contribution in [-0.4, -0.2) is 57.5 Å². The van der Waals surface area contributed by atoms with E-state index in [4.69, 9.17) is 13.9 Å². The number of sulfone groups is 1. The Hall–Kier alpha value is -3.90. The number of benzene rings is 1. The molecule has 0 radical (unpaired) electrons. The zero-order valence-electron chi connectivity index (χ0n) is 18.5. The van der Waals surface area contributed by atoms with Gasteiger partial charge in [0.25, 0.3) is 5.88 Å². The third-order valence-electron chi connectivity index (χ3n) is 4.68. The van der Waals surface area contributed by atoms with Gasteiger partial charge in [0.15, 0.2) is 20.6 Å². The van der Waals surface area contributed by atoms with E-state index in [1.54, 1.807) is 44.2 Å². The van der Waals surface area contributed by atoms with Crippen LogP contribution in [0.15, 0.2) is 52.2 Å². The van der Waals surface area contributed by atoms with Crippen molar-refractivity contribution in [2.75, 3.05) is 12.9 Å². The average Bonchev–Trinajstić information content (AvgIpc) is 3.40. The first kappa shape index (κ1) is 23.3. The SMILES string of the molecule is Cc1oc(-c2ccc(-c3cc(Oc4cnc(S(C)(=O)=O)cn4)cc(O[C@@H](C)CO)c3)[nH]2)nc1O. The number of aliphatic hydroxyl groups excluding tert-OH is 1. The molecule has 1 atom stereocenters. The number of aromatic nitrogens is 4. The number of aromatic hydroxyl groups is 1. The van der Waals surface area contributed by atoms with E-state index in [1.165, 1.54) is 6.20 Å². The van der Waals surface area contributed by atoms with E-state index in [2.05, 4.69) is 19.9 Å². The summed E-state index contributed by atoms with van der Waals surface area (Å²) in [6.45, 7) is 3.14. The molecule has 0 spiro atoms. The highest BCUT2D eigenvalue weighted by Crippen LogP contribution is 2.34. The molecule has 4 rings (SSSR count). The zero-order chi connectivity index (χ0) is 24.5. The summed E-state index contributed by atoms with van der Waals surface area (Å²) < 4.78 is 40.2. The minimum absolute atomic E-state index is 0.0867. The van der Waals surface area contributed by atoms with Gasteiger partial charge in [-0.1, -0.05) is 0 Å². The van der Waals surface area contributed by atoms with Crippen LogP contribution in [0.3, 0.4) is 0 Å². The normalized spacial score (nSPS) is 12.5. The smallest absolute Gasteiger partial charge is 0.253 e. The number of hydrogen-bond acceptors (Lipinski definition) is 10. The summed E-state index contributed by atoms with van der Waals surface area (Å²) in [7, 11) is -3.49. The van der Waals surface area contributed by atoms with Gasteiger partial charge in [0, 0.05) is 23.6 Å². The van der Waals surface area contributed by atoms with Crippen molar-refractivity contribution in [3.63, 3.8) is 0 Å². The Labute approximate surface area is 195 Å². The van der Waals surface area contributed by atoms with Crippen LogP contribution in [0.25, 0.3) is 22.8 Å². The van der Waals surface area contributed by atoms with E-state index in [0.717, 1.165) is 12.5 Å². The summed E-state index contributed by atoms with van der Waals surface area (Å²) in [5.41, 5.74) is 1.91. The van der Waals surface area contributed by atoms with Gasteiger partial charge >= 0.3 is 0 Å². The third-order valence-corrected chi connectivity index (χ3v) is 5.65. The zero-order valence-corrected chi connectivity index (χ0v) is 19.3. The number of hydrogen-bond donors (Lipinski definition) is 3. The molecule has 0 saturated heterocycles. The Morgan fingerprint density at radius 3 is 2.47 bits per heavy atom.